The van der Waals surface area contributed by atoms with Crippen molar-refractivity contribution in [3.63, 3.8) is 0 Å². The number of aromatic nitrogens is 3. The third kappa shape index (κ3) is 9.87. The number of ether oxygens (including phenoxy) is 6. The maximum atomic E-state index is 17.6. The van der Waals surface area contributed by atoms with Gasteiger partial charge in [0.15, 0.2) is 20.9 Å². The monoisotopic (exact) mass is 853 g/mol. The second kappa shape index (κ2) is 17.2. The molecule has 6 rings (SSSR count). The van der Waals surface area contributed by atoms with E-state index in [4.69, 9.17) is 47.8 Å². The van der Waals surface area contributed by atoms with Crippen LogP contribution in [0.15, 0.2) is 30.3 Å². The van der Waals surface area contributed by atoms with Crippen molar-refractivity contribution in [2.24, 2.45) is 5.41 Å². The van der Waals surface area contributed by atoms with Gasteiger partial charge in [-0.2, -0.15) is 9.97 Å². The molecular formula is C44H61F2N5O8Si. The summed E-state index contributed by atoms with van der Waals surface area (Å²) < 4.78 is 75.5. The summed E-state index contributed by atoms with van der Waals surface area (Å²) in [5.41, 5.74) is -2.12. The van der Waals surface area contributed by atoms with E-state index in [2.05, 4.69) is 33.9 Å². The van der Waals surface area contributed by atoms with Gasteiger partial charge in [-0.1, -0.05) is 39.8 Å². The molecule has 2 saturated heterocycles. The fraction of sp³-hybridized carbons (Fsp3) is 0.591. The van der Waals surface area contributed by atoms with Gasteiger partial charge in [0.25, 0.3) is 0 Å². The van der Waals surface area contributed by atoms with E-state index >= 15 is 8.78 Å². The summed E-state index contributed by atoms with van der Waals surface area (Å²) in [4.78, 5) is 31.2. The lowest BCUT2D eigenvalue weighted by Crippen LogP contribution is -2.54. The van der Waals surface area contributed by atoms with E-state index in [1.807, 2.05) is 39.5 Å². The molecule has 0 aliphatic carbocycles. The van der Waals surface area contributed by atoms with Gasteiger partial charge in [0.1, 0.15) is 39.6 Å². The number of piperidine rings is 1. The second-order valence-corrected chi connectivity index (χ2v) is 23.8. The number of hydrogen-bond donors (Lipinski definition) is 0. The van der Waals surface area contributed by atoms with Crippen molar-refractivity contribution < 1.29 is 46.4 Å². The van der Waals surface area contributed by atoms with Crippen molar-refractivity contribution in [1.82, 2.24) is 19.9 Å². The van der Waals surface area contributed by atoms with Crippen LogP contribution in [0, 0.1) is 17.0 Å². The van der Waals surface area contributed by atoms with Gasteiger partial charge >= 0.3 is 12.1 Å². The van der Waals surface area contributed by atoms with Crippen molar-refractivity contribution in [3.8, 4) is 28.9 Å². The summed E-state index contributed by atoms with van der Waals surface area (Å²) in [6, 6.07) is 7.69. The van der Waals surface area contributed by atoms with Crippen molar-refractivity contribution in [1.29, 1.82) is 0 Å². The normalized spacial score (nSPS) is 20.6. The van der Waals surface area contributed by atoms with Gasteiger partial charge in [-0.05, 0) is 82.3 Å². The lowest BCUT2D eigenvalue weighted by atomic mass is 9.83. The molecule has 2 aromatic heterocycles. The van der Waals surface area contributed by atoms with Gasteiger partial charge < -0.3 is 42.6 Å². The highest BCUT2D eigenvalue weighted by atomic mass is 28.4. The third-order valence-electron chi connectivity index (χ3n) is 11.4. The highest BCUT2D eigenvalue weighted by Gasteiger charge is 2.45. The predicted octanol–water partition coefficient (Wildman–Crippen LogP) is 9.15. The molecule has 0 radical (unpaired) electrons. The van der Waals surface area contributed by atoms with Crippen LogP contribution in [0.4, 0.5) is 19.4 Å². The lowest BCUT2D eigenvalue weighted by molar-refractivity contribution is -0.00315. The number of carbonyl (C=O) groups excluding carboxylic acids is 1. The summed E-state index contributed by atoms with van der Waals surface area (Å²) in [6.45, 7) is 22.9. The Bertz CT molecular complexity index is 2220. The number of halogens is 2. The Labute approximate surface area is 353 Å². The van der Waals surface area contributed by atoms with Crippen LogP contribution in [0.3, 0.4) is 0 Å². The van der Waals surface area contributed by atoms with Crippen LogP contribution in [-0.2, 0) is 18.6 Å². The zero-order valence-corrected chi connectivity index (χ0v) is 38.2. The number of methoxy groups -OCH3 is 2. The Morgan fingerprint density at radius 2 is 1.72 bits per heavy atom. The fourth-order valence-corrected chi connectivity index (χ4v) is 9.29. The molecule has 1 amide bonds. The van der Waals surface area contributed by atoms with Crippen LogP contribution >= 0.6 is 0 Å². The molecule has 2 fully saturated rings. The fourth-order valence-electron chi connectivity index (χ4n) is 7.63. The Morgan fingerprint density at radius 3 is 2.40 bits per heavy atom. The highest BCUT2D eigenvalue weighted by molar-refractivity contribution is 6.74. The van der Waals surface area contributed by atoms with Crippen molar-refractivity contribution in [2.75, 3.05) is 71.9 Å². The lowest BCUT2D eigenvalue weighted by Gasteiger charge is -2.44. The molecule has 0 bridgehead atoms. The molecule has 4 heterocycles. The molecule has 0 saturated carbocycles. The molecular weight excluding hydrogens is 793 g/mol. The third-order valence-corrected chi connectivity index (χ3v) is 16.0. The van der Waals surface area contributed by atoms with E-state index in [0.29, 0.717) is 56.3 Å². The summed E-state index contributed by atoms with van der Waals surface area (Å²) in [5.74, 6) is -0.735. The number of benzene rings is 2. The van der Waals surface area contributed by atoms with Crippen LogP contribution in [0.25, 0.3) is 32.9 Å². The van der Waals surface area contributed by atoms with Gasteiger partial charge in [-0.15, -0.1) is 0 Å². The number of hydrogen-bond acceptors (Lipinski definition) is 12. The van der Waals surface area contributed by atoms with Gasteiger partial charge in [0.2, 0.25) is 5.88 Å². The number of amides is 1. The number of anilines is 1. The van der Waals surface area contributed by atoms with Crippen LogP contribution in [-0.4, -0.2) is 112 Å². The zero-order chi connectivity index (χ0) is 43.8. The topological polar surface area (TPSA) is 127 Å². The van der Waals surface area contributed by atoms with Crippen LogP contribution in [0.5, 0.6) is 17.6 Å². The molecule has 60 heavy (non-hydrogen) atoms. The van der Waals surface area contributed by atoms with Crippen molar-refractivity contribution >= 4 is 41.9 Å². The van der Waals surface area contributed by atoms with E-state index < -0.39 is 36.6 Å². The standard InChI is InChI=1S/C44H61F2N5O8Si/c1-41(2,3)58-40(52)51-18-14-17-43(7,23-51)25-56-39-48-36-33(37(49-39)50-19-20-55-26-44(8,24-50)59-60(11,12)42(4,5)6)38(54-10)47-35(34(36)46)30-22-29(57-27-53-9)21-28-15-13-16-31(45)32(28)30/h13,15-16,21-22H,14,17-20,23-27H2,1-12H3/t43?,44-/m0/s1. The highest BCUT2D eigenvalue weighted by Crippen LogP contribution is 2.44. The van der Waals surface area contributed by atoms with Crippen molar-refractivity contribution in [3.05, 3.63) is 42.0 Å². The SMILES string of the molecule is COCOc1cc(-c2nc(OC)c3c(N4CCOC[C@@](C)(O[Si](C)(C)C(C)(C)C)C4)nc(OCC4(C)CCCN(C(=O)OC(C)(C)C)C4)nc3c2F)c2c(F)cccc2c1. The number of carbonyl (C=O) groups is 1. The van der Waals surface area contributed by atoms with E-state index in [1.165, 1.54) is 26.4 Å². The Hall–Kier alpha value is -4.38. The predicted molar refractivity (Wildman–Crippen MR) is 230 cm³/mol. The first-order valence-electron chi connectivity index (χ1n) is 20.5. The molecule has 2 aliphatic heterocycles. The molecule has 4 aromatic rings. The quantitative estimate of drug-likeness (QED) is 0.106. The maximum absolute atomic E-state index is 17.6. The van der Waals surface area contributed by atoms with Crippen molar-refractivity contribution in [2.45, 2.75) is 97.6 Å². The summed E-state index contributed by atoms with van der Waals surface area (Å²) in [7, 11) is 0.611. The number of pyridine rings is 1. The summed E-state index contributed by atoms with van der Waals surface area (Å²) >= 11 is 0. The van der Waals surface area contributed by atoms with Gasteiger partial charge in [-0.3, -0.25) is 0 Å². The van der Waals surface area contributed by atoms with Crippen LogP contribution in [0.1, 0.15) is 68.2 Å². The first-order chi connectivity index (χ1) is 28.1. The molecule has 2 aromatic carbocycles. The summed E-state index contributed by atoms with van der Waals surface area (Å²) in [6.07, 6.45) is 1.11. The molecule has 328 valence electrons. The van der Waals surface area contributed by atoms with E-state index in [9.17, 15) is 4.79 Å². The Morgan fingerprint density at radius 1 is 0.967 bits per heavy atom. The Balaban J connectivity index is 1.50. The minimum absolute atomic E-state index is 0.0279. The van der Waals surface area contributed by atoms with Gasteiger partial charge in [0.05, 0.1) is 32.5 Å². The van der Waals surface area contributed by atoms with E-state index in [0.717, 1.165) is 12.8 Å². The largest absolute Gasteiger partial charge is 0.480 e. The average molecular weight is 854 g/mol. The second-order valence-electron chi connectivity index (χ2n) is 19.1. The zero-order valence-electron chi connectivity index (χ0n) is 37.2. The molecule has 16 heteroatoms. The molecule has 2 aliphatic rings. The maximum Gasteiger partial charge on any atom is 0.410 e. The number of nitrogens with zero attached hydrogens (tertiary/aromatic N) is 5. The van der Waals surface area contributed by atoms with Gasteiger partial charge in [-0.25, -0.2) is 18.6 Å². The number of rotatable bonds is 11. The van der Waals surface area contributed by atoms with Crippen LogP contribution < -0.4 is 19.1 Å². The minimum atomic E-state index is -2.31. The average Bonchev–Trinajstić information content (AvgIpc) is 3.35. The number of likely N-dealkylation sites (tertiary alicyclic amines) is 1. The molecule has 1 unspecified atom stereocenters. The van der Waals surface area contributed by atoms with E-state index in [1.54, 1.807) is 23.1 Å². The summed E-state index contributed by atoms with van der Waals surface area (Å²) in [5, 5.41) is 0.743. The molecule has 0 N–H and O–H groups in total. The number of fused-ring (bicyclic) bond motifs is 2. The Kier molecular flexibility index (Phi) is 12.9. The molecule has 13 nitrogen and oxygen atoms in total. The first-order valence-corrected chi connectivity index (χ1v) is 23.4. The van der Waals surface area contributed by atoms with Crippen LogP contribution in [0.2, 0.25) is 18.1 Å². The smallest absolute Gasteiger partial charge is 0.410 e. The first kappa shape index (κ1) is 45.2. The van der Waals surface area contributed by atoms with Gasteiger partial charge in [0, 0.05) is 49.7 Å². The molecule has 0 spiro atoms. The molecule has 2 atom stereocenters. The van der Waals surface area contributed by atoms with E-state index in [-0.39, 0.29) is 64.0 Å². The minimum Gasteiger partial charge on any atom is -0.480 e.